The Morgan fingerprint density at radius 3 is 2.47 bits per heavy atom. The van der Waals surface area contributed by atoms with Crippen LogP contribution in [0.3, 0.4) is 0 Å². The molecule has 0 radical (unpaired) electrons. The molecule has 2 N–H and O–H groups in total. The predicted molar refractivity (Wildman–Crippen MR) is 75.1 cm³/mol. The number of aromatic nitrogens is 1. The van der Waals surface area contributed by atoms with Crippen molar-refractivity contribution < 1.29 is 9.15 Å². The molecular formula is C15H20N2O2. The van der Waals surface area contributed by atoms with Crippen molar-refractivity contribution in [2.45, 2.75) is 32.8 Å². The van der Waals surface area contributed by atoms with Crippen LogP contribution in [-0.4, -0.2) is 17.1 Å². The Morgan fingerprint density at radius 1 is 1.21 bits per heavy atom. The zero-order chi connectivity index (χ0) is 13.9. The molecule has 2 rings (SSSR count). The zero-order valence-corrected chi connectivity index (χ0v) is 11.6. The first-order valence-corrected chi connectivity index (χ1v) is 6.42. The van der Waals surface area contributed by atoms with Crippen molar-refractivity contribution >= 4 is 0 Å². The summed E-state index contributed by atoms with van der Waals surface area (Å²) in [5, 5.41) is 0. The number of nitrogens with zero attached hydrogens (tertiary/aromatic N) is 1. The van der Waals surface area contributed by atoms with E-state index in [9.17, 15) is 0 Å². The molecule has 0 saturated carbocycles. The number of ether oxygens (including phenoxy) is 1. The summed E-state index contributed by atoms with van der Waals surface area (Å²) in [5.74, 6) is 1.52. The van der Waals surface area contributed by atoms with Crippen molar-refractivity contribution in [2.24, 2.45) is 5.73 Å². The van der Waals surface area contributed by atoms with E-state index < -0.39 is 0 Å². The molecule has 0 unspecified atom stereocenters. The Balaban J connectivity index is 2.13. The number of nitrogens with two attached hydrogens (primary N) is 1. The summed E-state index contributed by atoms with van der Waals surface area (Å²) in [4.78, 5) is 4.39. The molecule has 4 nitrogen and oxygen atoms in total. The third-order valence-electron chi connectivity index (χ3n) is 2.48. The summed E-state index contributed by atoms with van der Waals surface area (Å²) in [5.41, 5.74) is 7.11. The van der Waals surface area contributed by atoms with E-state index in [1.165, 1.54) is 0 Å². The van der Waals surface area contributed by atoms with Gasteiger partial charge in [0.2, 0.25) is 0 Å². The maximum absolute atomic E-state index is 5.78. The van der Waals surface area contributed by atoms with E-state index in [2.05, 4.69) is 4.98 Å². The smallest absolute Gasteiger partial charge is 0.195 e. The number of benzene rings is 1. The lowest BCUT2D eigenvalue weighted by Gasteiger charge is -2.21. The van der Waals surface area contributed by atoms with Gasteiger partial charge in [0.1, 0.15) is 23.3 Å². The molecule has 0 bridgehead atoms. The van der Waals surface area contributed by atoms with Crippen LogP contribution in [0, 0.1) is 0 Å². The minimum Gasteiger partial charge on any atom is -0.488 e. The van der Waals surface area contributed by atoms with E-state index >= 15 is 0 Å². The van der Waals surface area contributed by atoms with Gasteiger partial charge in [-0.3, -0.25) is 0 Å². The fraction of sp³-hybridized carbons (Fsp3) is 0.400. The molecule has 1 aromatic carbocycles. The summed E-state index contributed by atoms with van der Waals surface area (Å²) < 4.78 is 11.1. The van der Waals surface area contributed by atoms with E-state index in [0.29, 0.717) is 18.9 Å². The van der Waals surface area contributed by atoms with E-state index in [0.717, 1.165) is 17.0 Å². The van der Waals surface area contributed by atoms with Crippen LogP contribution in [-0.2, 0) is 6.42 Å². The van der Waals surface area contributed by atoms with Crippen LogP contribution in [0.1, 0.15) is 26.7 Å². The minimum absolute atomic E-state index is 0.191. The van der Waals surface area contributed by atoms with Gasteiger partial charge in [0.15, 0.2) is 5.89 Å². The largest absolute Gasteiger partial charge is 0.488 e. The van der Waals surface area contributed by atoms with E-state index in [1.54, 1.807) is 6.26 Å². The first kappa shape index (κ1) is 13.6. The monoisotopic (exact) mass is 260 g/mol. The minimum atomic E-state index is -0.191. The first-order chi connectivity index (χ1) is 8.98. The van der Waals surface area contributed by atoms with Gasteiger partial charge in [-0.1, -0.05) is 0 Å². The SMILES string of the molecule is CC(C)(C)Oc1ccc(-c2coc(CCN)n2)cc1. The zero-order valence-electron chi connectivity index (χ0n) is 11.6. The third-order valence-corrected chi connectivity index (χ3v) is 2.48. The van der Waals surface area contributed by atoms with Crippen LogP contribution < -0.4 is 10.5 Å². The van der Waals surface area contributed by atoms with E-state index in [-0.39, 0.29) is 5.60 Å². The maximum atomic E-state index is 5.78. The standard InChI is InChI=1S/C15H20N2O2/c1-15(2,3)19-12-6-4-11(5-7-12)13-10-18-14(17-13)8-9-16/h4-7,10H,8-9,16H2,1-3H3. The second kappa shape index (κ2) is 5.45. The van der Waals surface area contributed by atoms with Gasteiger partial charge in [-0.2, -0.15) is 0 Å². The average molecular weight is 260 g/mol. The number of oxazole rings is 1. The van der Waals surface area contributed by atoms with Gasteiger partial charge in [-0.15, -0.1) is 0 Å². The predicted octanol–water partition coefficient (Wildman–Crippen LogP) is 3.02. The number of rotatable bonds is 4. The highest BCUT2D eigenvalue weighted by Crippen LogP contribution is 2.24. The van der Waals surface area contributed by atoms with Gasteiger partial charge in [-0.25, -0.2) is 4.98 Å². The average Bonchev–Trinajstić information content (AvgIpc) is 2.77. The summed E-state index contributed by atoms with van der Waals surface area (Å²) in [6.07, 6.45) is 2.32. The number of hydrogen-bond donors (Lipinski definition) is 1. The van der Waals surface area contributed by atoms with Crippen LogP contribution in [0.4, 0.5) is 0 Å². The van der Waals surface area contributed by atoms with Crippen molar-refractivity contribution in [1.29, 1.82) is 0 Å². The molecule has 19 heavy (non-hydrogen) atoms. The summed E-state index contributed by atoms with van der Waals surface area (Å²) in [6.45, 7) is 6.62. The third kappa shape index (κ3) is 3.83. The lowest BCUT2D eigenvalue weighted by atomic mass is 10.1. The molecule has 2 aromatic rings. The van der Waals surface area contributed by atoms with Gasteiger partial charge in [-0.05, 0) is 45.0 Å². The van der Waals surface area contributed by atoms with Crippen LogP contribution in [0.2, 0.25) is 0 Å². The molecule has 1 aromatic heterocycles. The lowest BCUT2D eigenvalue weighted by Crippen LogP contribution is -2.22. The van der Waals surface area contributed by atoms with Crippen molar-refractivity contribution in [3.63, 3.8) is 0 Å². The molecule has 0 aliphatic heterocycles. The molecule has 0 saturated heterocycles. The second-order valence-corrected chi connectivity index (χ2v) is 5.40. The summed E-state index contributed by atoms with van der Waals surface area (Å²) in [7, 11) is 0. The highest BCUT2D eigenvalue weighted by atomic mass is 16.5. The van der Waals surface area contributed by atoms with Crippen LogP contribution in [0.15, 0.2) is 34.9 Å². The van der Waals surface area contributed by atoms with Crippen LogP contribution in [0.25, 0.3) is 11.3 Å². The van der Waals surface area contributed by atoms with Crippen molar-refractivity contribution in [2.75, 3.05) is 6.54 Å². The first-order valence-electron chi connectivity index (χ1n) is 6.42. The van der Waals surface area contributed by atoms with Gasteiger partial charge < -0.3 is 14.9 Å². The lowest BCUT2D eigenvalue weighted by molar-refractivity contribution is 0.131. The van der Waals surface area contributed by atoms with E-state index in [4.69, 9.17) is 14.9 Å². The molecule has 102 valence electrons. The number of hydrogen-bond acceptors (Lipinski definition) is 4. The molecule has 1 heterocycles. The maximum Gasteiger partial charge on any atom is 0.195 e. The Morgan fingerprint density at radius 2 is 1.89 bits per heavy atom. The topological polar surface area (TPSA) is 61.3 Å². The Bertz CT molecular complexity index is 524. The van der Waals surface area contributed by atoms with Crippen LogP contribution in [0.5, 0.6) is 5.75 Å². The molecular weight excluding hydrogens is 240 g/mol. The fourth-order valence-electron chi connectivity index (χ4n) is 1.73. The Hall–Kier alpha value is -1.81. The highest BCUT2D eigenvalue weighted by Gasteiger charge is 2.12. The van der Waals surface area contributed by atoms with Gasteiger partial charge in [0.25, 0.3) is 0 Å². The van der Waals surface area contributed by atoms with E-state index in [1.807, 2.05) is 45.0 Å². The molecule has 0 aliphatic rings. The fourth-order valence-corrected chi connectivity index (χ4v) is 1.73. The summed E-state index contributed by atoms with van der Waals surface area (Å²) in [6, 6.07) is 7.84. The molecule has 4 heteroatoms. The van der Waals surface area contributed by atoms with Crippen LogP contribution >= 0.6 is 0 Å². The van der Waals surface area contributed by atoms with Gasteiger partial charge >= 0.3 is 0 Å². The molecule has 0 spiro atoms. The van der Waals surface area contributed by atoms with Gasteiger partial charge in [0.05, 0.1) is 0 Å². The Labute approximate surface area is 113 Å². The van der Waals surface area contributed by atoms with Crippen molar-refractivity contribution in [3.8, 4) is 17.0 Å². The molecule has 0 atom stereocenters. The van der Waals surface area contributed by atoms with Gasteiger partial charge in [0, 0.05) is 18.5 Å². The Kier molecular flexibility index (Phi) is 3.90. The normalized spacial score (nSPS) is 11.6. The highest BCUT2D eigenvalue weighted by molar-refractivity contribution is 5.58. The van der Waals surface area contributed by atoms with Crippen molar-refractivity contribution in [1.82, 2.24) is 4.98 Å². The second-order valence-electron chi connectivity index (χ2n) is 5.40. The molecule has 0 fully saturated rings. The molecule has 0 aliphatic carbocycles. The van der Waals surface area contributed by atoms with Crippen molar-refractivity contribution in [3.05, 3.63) is 36.4 Å². The quantitative estimate of drug-likeness (QED) is 0.918. The summed E-state index contributed by atoms with van der Waals surface area (Å²) >= 11 is 0. The molecule has 0 amide bonds.